The molecular formula is C16H18O2. The summed E-state index contributed by atoms with van der Waals surface area (Å²) in [6, 6.07) is 9.98. The van der Waals surface area contributed by atoms with Gasteiger partial charge in [-0.05, 0) is 37.8 Å². The van der Waals surface area contributed by atoms with Gasteiger partial charge in [-0.15, -0.1) is 0 Å². The lowest BCUT2D eigenvalue weighted by Crippen LogP contribution is -2.35. The third-order valence-electron chi connectivity index (χ3n) is 3.88. The number of fused-ring (bicyclic) bond motifs is 1. The van der Waals surface area contributed by atoms with Gasteiger partial charge in [-0.2, -0.15) is 0 Å². The average molecular weight is 242 g/mol. The van der Waals surface area contributed by atoms with Gasteiger partial charge in [-0.25, -0.2) is 0 Å². The number of ketones is 1. The van der Waals surface area contributed by atoms with E-state index in [9.17, 15) is 4.79 Å². The van der Waals surface area contributed by atoms with E-state index >= 15 is 0 Å². The molecule has 1 atom stereocenters. The molecule has 1 aromatic rings. The van der Waals surface area contributed by atoms with Crippen LogP contribution in [0.2, 0.25) is 0 Å². The zero-order valence-corrected chi connectivity index (χ0v) is 10.9. The van der Waals surface area contributed by atoms with Crippen molar-refractivity contribution in [3.63, 3.8) is 0 Å². The van der Waals surface area contributed by atoms with Crippen molar-refractivity contribution in [2.45, 2.75) is 44.8 Å². The number of carbonyl (C=O) groups is 1. The summed E-state index contributed by atoms with van der Waals surface area (Å²) in [6.07, 6.45) is 2.50. The first-order valence-electron chi connectivity index (χ1n) is 6.56. The minimum atomic E-state index is -0.0966. The van der Waals surface area contributed by atoms with Crippen molar-refractivity contribution >= 4 is 11.4 Å². The molecular weight excluding hydrogens is 224 g/mol. The minimum absolute atomic E-state index is 0.0106. The van der Waals surface area contributed by atoms with E-state index in [1.807, 2.05) is 30.3 Å². The largest absolute Gasteiger partial charge is 0.367 e. The number of carbonyl (C=O) groups excluding carboxylic acids is 1. The molecule has 0 spiro atoms. The molecule has 1 heterocycles. The number of hydrogen-bond donors (Lipinski definition) is 0. The topological polar surface area (TPSA) is 26.3 Å². The van der Waals surface area contributed by atoms with Crippen LogP contribution in [0.4, 0.5) is 0 Å². The van der Waals surface area contributed by atoms with Crippen LogP contribution in [0, 0.1) is 0 Å². The minimum Gasteiger partial charge on any atom is -0.367 e. The Bertz CT molecular complexity index is 511. The van der Waals surface area contributed by atoms with Crippen molar-refractivity contribution in [2.24, 2.45) is 0 Å². The molecule has 2 heteroatoms. The second-order valence-corrected chi connectivity index (χ2v) is 5.76. The van der Waals surface area contributed by atoms with Gasteiger partial charge in [0.25, 0.3) is 0 Å². The molecule has 0 amide bonds. The molecule has 0 N–H and O–H groups in total. The van der Waals surface area contributed by atoms with Crippen LogP contribution in [-0.4, -0.2) is 17.5 Å². The lowest BCUT2D eigenvalue weighted by Gasteiger charge is -2.35. The maximum atomic E-state index is 12.2. The Balaban J connectivity index is 2.01. The van der Waals surface area contributed by atoms with E-state index in [0.29, 0.717) is 6.42 Å². The van der Waals surface area contributed by atoms with Crippen molar-refractivity contribution in [3.8, 4) is 0 Å². The molecule has 18 heavy (non-hydrogen) atoms. The summed E-state index contributed by atoms with van der Waals surface area (Å²) < 4.78 is 6.04. The Kier molecular flexibility index (Phi) is 2.63. The smallest absolute Gasteiger partial charge is 0.166 e. The number of rotatable bonds is 1. The van der Waals surface area contributed by atoms with Crippen LogP contribution in [0.5, 0.6) is 0 Å². The number of benzene rings is 1. The summed E-state index contributed by atoms with van der Waals surface area (Å²) >= 11 is 0. The first kappa shape index (κ1) is 11.7. The van der Waals surface area contributed by atoms with Crippen molar-refractivity contribution in [2.75, 3.05) is 0 Å². The van der Waals surface area contributed by atoms with E-state index in [1.165, 1.54) is 5.57 Å². The van der Waals surface area contributed by atoms with Crippen LogP contribution in [0.15, 0.2) is 35.9 Å². The maximum Gasteiger partial charge on any atom is 0.166 e. The molecule has 2 aliphatic rings. The molecule has 2 nitrogen and oxygen atoms in total. The summed E-state index contributed by atoms with van der Waals surface area (Å²) in [4.78, 5) is 12.2. The molecule has 1 saturated heterocycles. The third kappa shape index (κ3) is 1.91. The number of ether oxygens (including phenoxy) is 1. The number of hydrogen-bond acceptors (Lipinski definition) is 2. The molecule has 1 aromatic carbocycles. The molecule has 1 aliphatic carbocycles. The predicted octanol–water partition coefficient (Wildman–Crippen LogP) is 3.37. The van der Waals surface area contributed by atoms with E-state index in [-0.39, 0.29) is 17.5 Å². The molecule has 0 saturated carbocycles. The SMILES string of the molecule is CC1(C)CCC2=C(c3ccccc3)C(=O)CC2O1. The van der Waals surface area contributed by atoms with Crippen molar-refractivity contribution in [1.82, 2.24) is 0 Å². The van der Waals surface area contributed by atoms with Gasteiger partial charge in [0, 0.05) is 12.0 Å². The monoisotopic (exact) mass is 242 g/mol. The number of allylic oxidation sites excluding steroid dienone is 1. The summed E-state index contributed by atoms with van der Waals surface area (Å²) in [5.74, 6) is 0.235. The average Bonchev–Trinajstić information content (AvgIpc) is 2.64. The predicted molar refractivity (Wildman–Crippen MR) is 71.2 cm³/mol. The summed E-state index contributed by atoms with van der Waals surface area (Å²) in [5, 5.41) is 0. The summed E-state index contributed by atoms with van der Waals surface area (Å²) in [5.41, 5.74) is 3.07. The molecule has 0 bridgehead atoms. The second-order valence-electron chi connectivity index (χ2n) is 5.76. The third-order valence-corrected chi connectivity index (χ3v) is 3.88. The van der Waals surface area contributed by atoms with E-state index < -0.39 is 0 Å². The fraction of sp³-hybridized carbons (Fsp3) is 0.438. The second kappa shape index (κ2) is 4.06. The van der Waals surface area contributed by atoms with Crippen molar-refractivity contribution < 1.29 is 9.53 Å². The van der Waals surface area contributed by atoms with Crippen LogP contribution in [0.1, 0.15) is 38.7 Å². The van der Waals surface area contributed by atoms with Gasteiger partial charge in [-0.1, -0.05) is 30.3 Å². The fourth-order valence-corrected chi connectivity index (χ4v) is 2.96. The Hall–Kier alpha value is -1.41. The normalized spacial score (nSPS) is 26.3. The highest BCUT2D eigenvalue weighted by atomic mass is 16.5. The van der Waals surface area contributed by atoms with E-state index in [2.05, 4.69) is 13.8 Å². The molecule has 1 unspecified atom stereocenters. The quantitative estimate of drug-likeness (QED) is 0.754. The standard InChI is InChI=1S/C16H18O2/c1-16(2)9-8-12-14(18-16)10-13(17)15(12)11-6-4-3-5-7-11/h3-7,14H,8-10H2,1-2H3. The molecule has 3 rings (SSSR count). The molecule has 1 fully saturated rings. The Morgan fingerprint density at radius 3 is 2.67 bits per heavy atom. The van der Waals surface area contributed by atoms with Gasteiger partial charge >= 0.3 is 0 Å². The highest BCUT2D eigenvalue weighted by Crippen LogP contribution is 2.42. The lowest BCUT2D eigenvalue weighted by atomic mass is 9.90. The van der Waals surface area contributed by atoms with Gasteiger partial charge in [0.05, 0.1) is 11.7 Å². The highest BCUT2D eigenvalue weighted by Gasteiger charge is 2.40. The highest BCUT2D eigenvalue weighted by molar-refractivity contribution is 6.24. The molecule has 94 valence electrons. The van der Waals surface area contributed by atoms with E-state index in [1.54, 1.807) is 0 Å². The van der Waals surface area contributed by atoms with Gasteiger partial charge in [0.15, 0.2) is 5.78 Å². The van der Waals surface area contributed by atoms with Crippen LogP contribution in [-0.2, 0) is 9.53 Å². The van der Waals surface area contributed by atoms with Crippen LogP contribution in [0.3, 0.4) is 0 Å². The Labute approximate surface area is 108 Å². The molecule has 1 aliphatic heterocycles. The Morgan fingerprint density at radius 2 is 1.94 bits per heavy atom. The van der Waals surface area contributed by atoms with Crippen LogP contribution in [0.25, 0.3) is 5.57 Å². The van der Waals surface area contributed by atoms with E-state index in [0.717, 1.165) is 24.0 Å². The number of Topliss-reactive ketones (excluding diaryl/α,β-unsaturated/α-hetero) is 1. The van der Waals surface area contributed by atoms with E-state index in [4.69, 9.17) is 4.74 Å². The van der Waals surface area contributed by atoms with Crippen molar-refractivity contribution in [3.05, 3.63) is 41.5 Å². The van der Waals surface area contributed by atoms with Crippen molar-refractivity contribution in [1.29, 1.82) is 0 Å². The zero-order valence-electron chi connectivity index (χ0n) is 10.9. The first-order chi connectivity index (χ1) is 8.57. The molecule has 0 aromatic heterocycles. The van der Waals surface area contributed by atoms with Crippen LogP contribution < -0.4 is 0 Å². The fourth-order valence-electron chi connectivity index (χ4n) is 2.96. The first-order valence-corrected chi connectivity index (χ1v) is 6.56. The summed E-state index contributed by atoms with van der Waals surface area (Å²) in [6.45, 7) is 4.21. The van der Waals surface area contributed by atoms with Gasteiger partial charge in [-0.3, -0.25) is 4.79 Å². The lowest BCUT2D eigenvalue weighted by molar-refractivity contribution is -0.119. The molecule has 0 radical (unpaired) electrons. The van der Waals surface area contributed by atoms with Crippen LogP contribution >= 0.6 is 0 Å². The Morgan fingerprint density at radius 1 is 1.22 bits per heavy atom. The zero-order chi connectivity index (χ0) is 12.8. The van der Waals surface area contributed by atoms with Gasteiger partial charge in [0.1, 0.15) is 0 Å². The summed E-state index contributed by atoms with van der Waals surface area (Å²) in [7, 11) is 0. The van der Waals surface area contributed by atoms with Gasteiger partial charge < -0.3 is 4.74 Å². The van der Waals surface area contributed by atoms with Gasteiger partial charge in [0.2, 0.25) is 0 Å². The maximum absolute atomic E-state index is 12.2.